The van der Waals surface area contributed by atoms with Crippen LogP contribution >= 0.6 is 11.3 Å². The molecule has 1 heterocycles. The van der Waals surface area contributed by atoms with E-state index in [4.69, 9.17) is 5.11 Å². The lowest BCUT2D eigenvalue weighted by Gasteiger charge is -2.04. The van der Waals surface area contributed by atoms with Gasteiger partial charge in [-0.3, -0.25) is 9.59 Å². The summed E-state index contributed by atoms with van der Waals surface area (Å²) in [5, 5.41) is 12.4. The van der Waals surface area contributed by atoms with Crippen LogP contribution in [0.1, 0.15) is 65.8 Å². The molecule has 0 saturated carbocycles. The first-order valence-corrected chi connectivity index (χ1v) is 8.32. The quantitative estimate of drug-likeness (QED) is 0.650. The number of aliphatic carboxylic acids is 1. The zero-order valence-electron chi connectivity index (χ0n) is 12.8. The van der Waals surface area contributed by atoms with E-state index >= 15 is 0 Å². The van der Waals surface area contributed by atoms with Crippen LogP contribution in [0.3, 0.4) is 0 Å². The van der Waals surface area contributed by atoms with E-state index < -0.39 is 5.97 Å². The number of aryl methyl sites for hydroxylation is 2. The highest BCUT2D eigenvalue weighted by atomic mass is 32.1. The second-order valence-electron chi connectivity index (χ2n) is 5.04. The van der Waals surface area contributed by atoms with Gasteiger partial charge in [0.2, 0.25) is 0 Å². The third kappa shape index (κ3) is 6.71. The molecule has 0 atom stereocenters. The minimum absolute atomic E-state index is 0.0319. The average molecular weight is 312 g/mol. The maximum Gasteiger partial charge on any atom is 0.303 e. The highest BCUT2D eigenvalue weighted by molar-refractivity contribution is 7.13. The number of nitrogens with zero attached hydrogens (tertiary/aromatic N) is 1. The largest absolute Gasteiger partial charge is 0.481 e. The van der Waals surface area contributed by atoms with Gasteiger partial charge in [0.25, 0.3) is 5.91 Å². The van der Waals surface area contributed by atoms with E-state index in [-0.39, 0.29) is 12.3 Å². The lowest BCUT2D eigenvalue weighted by Crippen LogP contribution is -2.24. The third-order valence-corrected chi connectivity index (χ3v) is 4.50. The van der Waals surface area contributed by atoms with Gasteiger partial charge in [0.1, 0.15) is 4.88 Å². The molecule has 5 nitrogen and oxygen atoms in total. The Kier molecular flexibility index (Phi) is 7.97. The van der Waals surface area contributed by atoms with Crippen molar-refractivity contribution in [2.75, 3.05) is 6.54 Å². The van der Waals surface area contributed by atoms with Crippen LogP contribution in [0, 0.1) is 6.92 Å². The molecule has 1 aromatic heterocycles. The van der Waals surface area contributed by atoms with Gasteiger partial charge in [-0.2, -0.15) is 0 Å². The minimum Gasteiger partial charge on any atom is -0.481 e. The van der Waals surface area contributed by atoms with E-state index in [0.29, 0.717) is 11.4 Å². The molecule has 1 rings (SSSR count). The number of hydrogen-bond donors (Lipinski definition) is 2. The maximum absolute atomic E-state index is 12.0. The summed E-state index contributed by atoms with van der Waals surface area (Å²) in [7, 11) is 0. The molecule has 2 N–H and O–H groups in total. The molecule has 1 aromatic rings. The summed E-state index contributed by atoms with van der Waals surface area (Å²) in [5.41, 5.74) is 0.808. The van der Waals surface area contributed by atoms with Gasteiger partial charge in [-0.25, -0.2) is 4.98 Å². The molecule has 0 aliphatic heterocycles. The molecule has 6 heteroatoms. The Morgan fingerprint density at radius 3 is 2.48 bits per heavy atom. The standard InChI is InChI=1S/C15H24N2O3S/c1-3-12-17-11(2)14(21-12)15(20)16-10-8-6-4-5-7-9-13(18)19/h3-10H2,1-2H3,(H,16,20)(H,18,19). The maximum atomic E-state index is 12.0. The van der Waals surface area contributed by atoms with Crippen molar-refractivity contribution >= 4 is 23.2 Å². The Labute approximate surface area is 129 Å². The van der Waals surface area contributed by atoms with Crippen LogP contribution in [-0.2, 0) is 11.2 Å². The summed E-state index contributed by atoms with van der Waals surface area (Å²) in [4.78, 5) is 27.4. The van der Waals surface area contributed by atoms with Gasteiger partial charge in [-0.1, -0.05) is 26.2 Å². The lowest BCUT2D eigenvalue weighted by atomic mass is 10.1. The molecule has 0 spiro atoms. The first kappa shape index (κ1) is 17.6. The van der Waals surface area contributed by atoms with E-state index in [0.717, 1.165) is 49.2 Å². The minimum atomic E-state index is -0.728. The number of aromatic nitrogens is 1. The smallest absolute Gasteiger partial charge is 0.303 e. The zero-order chi connectivity index (χ0) is 15.7. The van der Waals surface area contributed by atoms with Gasteiger partial charge in [0, 0.05) is 13.0 Å². The molecule has 0 aliphatic carbocycles. The Bertz CT molecular complexity index is 471. The fraction of sp³-hybridized carbons (Fsp3) is 0.667. The molecule has 1 amide bonds. The van der Waals surface area contributed by atoms with Gasteiger partial charge >= 0.3 is 5.97 Å². The Morgan fingerprint density at radius 1 is 1.19 bits per heavy atom. The summed E-state index contributed by atoms with van der Waals surface area (Å²) in [6.45, 7) is 4.56. The molecule has 0 saturated heterocycles. The summed E-state index contributed by atoms with van der Waals surface area (Å²) in [6.07, 6.45) is 5.74. The molecule has 0 fully saturated rings. The van der Waals surface area contributed by atoms with Crippen molar-refractivity contribution in [3.8, 4) is 0 Å². The molecule has 21 heavy (non-hydrogen) atoms. The highest BCUT2D eigenvalue weighted by Crippen LogP contribution is 2.18. The summed E-state index contributed by atoms with van der Waals surface area (Å²) >= 11 is 1.47. The number of carboxylic acid groups (broad SMARTS) is 1. The average Bonchev–Trinajstić information content (AvgIpc) is 2.82. The number of carbonyl (C=O) groups is 2. The van der Waals surface area contributed by atoms with Crippen molar-refractivity contribution in [1.29, 1.82) is 0 Å². The molecule has 0 bridgehead atoms. The summed E-state index contributed by atoms with van der Waals surface area (Å²) < 4.78 is 0. The molecule has 0 radical (unpaired) electrons. The van der Waals surface area contributed by atoms with Crippen molar-refractivity contribution in [2.24, 2.45) is 0 Å². The number of rotatable bonds is 10. The predicted octanol–water partition coefficient (Wildman–Crippen LogP) is 3.17. The van der Waals surface area contributed by atoms with Crippen molar-refractivity contribution in [2.45, 2.75) is 58.8 Å². The van der Waals surface area contributed by atoms with Crippen molar-refractivity contribution in [3.63, 3.8) is 0 Å². The number of hydrogen-bond acceptors (Lipinski definition) is 4. The number of carbonyl (C=O) groups excluding carboxylic acids is 1. The fourth-order valence-electron chi connectivity index (χ4n) is 2.03. The number of carboxylic acids is 1. The van der Waals surface area contributed by atoms with Crippen LogP contribution in [0.5, 0.6) is 0 Å². The number of thiazole rings is 1. The first-order valence-electron chi connectivity index (χ1n) is 7.51. The zero-order valence-corrected chi connectivity index (χ0v) is 13.6. The molecule has 118 valence electrons. The van der Waals surface area contributed by atoms with Crippen LogP contribution in [0.2, 0.25) is 0 Å². The molecular formula is C15H24N2O3S. The molecule has 0 aromatic carbocycles. The van der Waals surface area contributed by atoms with Crippen molar-refractivity contribution < 1.29 is 14.7 Å². The monoisotopic (exact) mass is 312 g/mol. The number of amides is 1. The lowest BCUT2D eigenvalue weighted by molar-refractivity contribution is -0.137. The molecule has 0 aliphatic rings. The fourth-order valence-corrected chi connectivity index (χ4v) is 2.95. The number of unbranched alkanes of at least 4 members (excludes halogenated alkanes) is 4. The number of nitrogens with one attached hydrogen (secondary N) is 1. The van der Waals surface area contributed by atoms with Gasteiger partial charge in [0.15, 0.2) is 0 Å². The van der Waals surface area contributed by atoms with Crippen LogP contribution < -0.4 is 5.32 Å². The predicted molar refractivity (Wildman–Crippen MR) is 83.9 cm³/mol. The highest BCUT2D eigenvalue weighted by Gasteiger charge is 2.13. The third-order valence-electron chi connectivity index (χ3n) is 3.20. The summed E-state index contributed by atoms with van der Waals surface area (Å²) in [5.74, 6) is -0.760. The van der Waals surface area contributed by atoms with E-state index in [9.17, 15) is 9.59 Å². The van der Waals surface area contributed by atoms with E-state index in [1.165, 1.54) is 11.3 Å². The normalized spacial score (nSPS) is 10.6. The molecular weight excluding hydrogens is 288 g/mol. The van der Waals surface area contributed by atoms with E-state index in [1.807, 2.05) is 13.8 Å². The van der Waals surface area contributed by atoms with Crippen LogP contribution in [0.4, 0.5) is 0 Å². The Hall–Kier alpha value is -1.43. The Morgan fingerprint density at radius 2 is 1.86 bits per heavy atom. The second kappa shape index (κ2) is 9.50. The first-order chi connectivity index (χ1) is 10.0. The Balaban J connectivity index is 2.13. The van der Waals surface area contributed by atoms with Crippen molar-refractivity contribution in [3.05, 3.63) is 15.6 Å². The second-order valence-corrected chi connectivity index (χ2v) is 6.13. The SMILES string of the molecule is CCc1nc(C)c(C(=O)NCCCCCCCC(=O)O)s1. The van der Waals surface area contributed by atoms with Gasteiger partial charge in [-0.15, -0.1) is 11.3 Å². The van der Waals surface area contributed by atoms with Crippen LogP contribution in [-0.4, -0.2) is 28.5 Å². The van der Waals surface area contributed by atoms with Gasteiger partial charge in [-0.05, 0) is 26.2 Å². The van der Waals surface area contributed by atoms with E-state index in [2.05, 4.69) is 10.3 Å². The van der Waals surface area contributed by atoms with Crippen LogP contribution in [0.25, 0.3) is 0 Å². The van der Waals surface area contributed by atoms with Gasteiger partial charge < -0.3 is 10.4 Å². The topological polar surface area (TPSA) is 79.3 Å². The summed E-state index contributed by atoms with van der Waals surface area (Å²) in [6, 6.07) is 0. The van der Waals surface area contributed by atoms with Crippen LogP contribution in [0.15, 0.2) is 0 Å². The van der Waals surface area contributed by atoms with Crippen molar-refractivity contribution in [1.82, 2.24) is 10.3 Å². The van der Waals surface area contributed by atoms with Gasteiger partial charge in [0.05, 0.1) is 10.7 Å². The van der Waals surface area contributed by atoms with E-state index in [1.54, 1.807) is 0 Å². The molecule has 0 unspecified atom stereocenters.